The molecule has 0 aliphatic heterocycles. The largest absolute Gasteiger partial charge is 0.477 e. The van der Waals surface area contributed by atoms with E-state index >= 15 is 0 Å². The highest BCUT2D eigenvalue weighted by Crippen LogP contribution is 2.24. The Morgan fingerprint density at radius 3 is 2.75 bits per heavy atom. The number of hydrogen-bond acceptors (Lipinski definition) is 2. The fraction of sp³-hybridized carbons (Fsp3) is 0.100. The molecule has 0 aliphatic rings. The maximum atomic E-state index is 10.9. The first-order valence-electron chi connectivity index (χ1n) is 4.39. The molecule has 0 unspecified atom stereocenters. The molecule has 0 atom stereocenters. The molecule has 0 saturated carbocycles. The quantitative estimate of drug-likeness (QED) is 0.930. The van der Waals surface area contributed by atoms with E-state index in [1.165, 1.54) is 17.4 Å². The summed E-state index contributed by atoms with van der Waals surface area (Å²) in [6.07, 6.45) is 1.60. The van der Waals surface area contributed by atoms with Gasteiger partial charge >= 0.3 is 5.97 Å². The van der Waals surface area contributed by atoms with Crippen LogP contribution in [0.1, 0.15) is 15.4 Å². The summed E-state index contributed by atoms with van der Waals surface area (Å²) in [5.41, 5.74) is 0.175. The molecule has 0 radical (unpaired) electrons. The zero-order chi connectivity index (χ0) is 11.7. The van der Waals surface area contributed by atoms with Crippen LogP contribution in [0.5, 0.6) is 0 Å². The Bertz CT molecular complexity index is 533. The lowest BCUT2D eigenvalue weighted by Gasteiger charge is -2.03. The second-order valence-corrected chi connectivity index (χ2v) is 5.42. The van der Waals surface area contributed by atoms with Gasteiger partial charge in [0.05, 0.1) is 15.9 Å². The van der Waals surface area contributed by atoms with Crippen molar-refractivity contribution in [2.75, 3.05) is 0 Å². The van der Waals surface area contributed by atoms with E-state index in [0.29, 0.717) is 15.9 Å². The maximum Gasteiger partial charge on any atom is 0.352 e. The number of aromatic nitrogens is 1. The third kappa shape index (κ3) is 2.40. The Labute approximate surface area is 106 Å². The summed E-state index contributed by atoms with van der Waals surface area (Å²) >= 11 is 13.0. The van der Waals surface area contributed by atoms with Crippen molar-refractivity contribution in [1.82, 2.24) is 4.57 Å². The third-order valence-electron chi connectivity index (χ3n) is 2.04. The van der Waals surface area contributed by atoms with Crippen LogP contribution in [0.2, 0.25) is 9.36 Å². The van der Waals surface area contributed by atoms with E-state index in [4.69, 9.17) is 28.3 Å². The van der Waals surface area contributed by atoms with E-state index in [1.54, 1.807) is 16.8 Å². The first-order chi connectivity index (χ1) is 7.56. The van der Waals surface area contributed by atoms with Crippen LogP contribution in [0.15, 0.2) is 24.4 Å². The molecule has 0 saturated heterocycles. The van der Waals surface area contributed by atoms with Crippen LogP contribution in [0, 0.1) is 0 Å². The van der Waals surface area contributed by atoms with Gasteiger partial charge in [-0.1, -0.05) is 23.2 Å². The molecule has 0 aromatic carbocycles. The third-order valence-corrected chi connectivity index (χ3v) is 3.46. The summed E-state index contributed by atoms with van der Waals surface area (Å²) in [4.78, 5) is 11.9. The van der Waals surface area contributed by atoms with Gasteiger partial charge in [0, 0.05) is 11.1 Å². The SMILES string of the molecule is O=C(O)c1cc(Cl)cn1Cc1ccc(Cl)s1. The molecule has 2 heterocycles. The normalized spacial score (nSPS) is 10.6. The van der Waals surface area contributed by atoms with Crippen molar-refractivity contribution in [1.29, 1.82) is 0 Å². The standard InChI is InChI=1S/C10H7Cl2NO2S/c11-6-3-8(10(14)15)13(4-6)5-7-1-2-9(12)16-7/h1-4H,5H2,(H,14,15). The number of halogens is 2. The van der Waals surface area contributed by atoms with E-state index in [-0.39, 0.29) is 5.69 Å². The van der Waals surface area contributed by atoms with Gasteiger partial charge in [-0.05, 0) is 18.2 Å². The lowest BCUT2D eigenvalue weighted by Crippen LogP contribution is -2.07. The van der Waals surface area contributed by atoms with Crippen molar-refractivity contribution in [2.45, 2.75) is 6.54 Å². The second kappa shape index (κ2) is 4.49. The molecule has 6 heteroatoms. The number of carboxylic acid groups (broad SMARTS) is 1. The number of thiophene rings is 1. The summed E-state index contributed by atoms with van der Waals surface area (Å²) in [7, 11) is 0. The molecule has 2 aromatic heterocycles. The number of nitrogens with zero attached hydrogens (tertiary/aromatic N) is 1. The van der Waals surface area contributed by atoms with Gasteiger partial charge in [0.15, 0.2) is 0 Å². The molecule has 84 valence electrons. The molecule has 2 aromatic rings. The zero-order valence-corrected chi connectivity index (χ0v) is 10.3. The molecule has 16 heavy (non-hydrogen) atoms. The average Bonchev–Trinajstić information content (AvgIpc) is 2.74. The predicted octanol–water partition coefficient (Wildman–Crippen LogP) is 3.60. The number of aromatic carboxylic acids is 1. The summed E-state index contributed by atoms with van der Waals surface area (Å²) < 4.78 is 2.28. The molecular formula is C10H7Cl2NO2S. The van der Waals surface area contributed by atoms with E-state index in [9.17, 15) is 4.79 Å². The smallest absolute Gasteiger partial charge is 0.352 e. The van der Waals surface area contributed by atoms with Crippen molar-refractivity contribution in [2.24, 2.45) is 0 Å². The van der Waals surface area contributed by atoms with Crippen LogP contribution in [0.25, 0.3) is 0 Å². The highest BCUT2D eigenvalue weighted by Gasteiger charge is 2.12. The van der Waals surface area contributed by atoms with Crippen LogP contribution in [-0.2, 0) is 6.54 Å². The van der Waals surface area contributed by atoms with Crippen LogP contribution in [0.4, 0.5) is 0 Å². The van der Waals surface area contributed by atoms with Crippen molar-refractivity contribution >= 4 is 40.5 Å². The molecule has 1 N–H and O–H groups in total. The fourth-order valence-corrected chi connectivity index (χ4v) is 2.70. The summed E-state index contributed by atoms with van der Waals surface area (Å²) in [6.45, 7) is 0.464. The van der Waals surface area contributed by atoms with Gasteiger partial charge in [-0.15, -0.1) is 11.3 Å². The summed E-state index contributed by atoms with van der Waals surface area (Å²) in [6, 6.07) is 5.08. The molecule has 2 rings (SSSR count). The van der Waals surface area contributed by atoms with Gasteiger partial charge in [-0.2, -0.15) is 0 Å². The maximum absolute atomic E-state index is 10.9. The Hall–Kier alpha value is -0.970. The lowest BCUT2D eigenvalue weighted by molar-refractivity contribution is 0.0686. The molecular weight excluding hydrogens is 269 g/mol. The monoisotopic (exact) mass is 275 g/mol. The van der Waals surface area contributed by atoms with Gasteiger partial charge < -0.3 is 9.67 Å². The van der Waals surface area contributed by atoms with Gasteiger partial charge in [0.1, 0.15) is 5.69 Å². The number of rotatable bonds is 3. The average molecular weight is 276 g/mol. The van der Waals surface area contributed by atoms with Gasteiger partial charge in [-0.3, -0.25) is 0 Å². The van der Waals surface area contributed by atoms with Crippen LogP contribution >= 0.6 is 34.5 Å². The summed E-state index contributed by atoms with van der Waals surface area (Å²) in [5.74, 6) is -0.991. The van der Waals surface area contributed by atoms with Crippen molar-refractivity contribution < 1.29 is 9.90 Å². The first kappa shape index (κ1) is 11.5. The van der Waals surface area contributed by atoms with E-state index < -0.39 is 5.97 Å². The van der Waals surface area contributed by atoms with E-state index in [0.717, 1.165) is 4.88 Å². The van der Waals surface area contributed by atoms with E-state index in [1.807, 2.05) is 6.07 Å². The molecule has 0 amide bonds. The molecule has 0 aliphatic carbocycles. The van der Waals surface area contributed by atoms with Crippen molar-refractivity contribution in [3.63, 3.8) is 0 Å². The topological polar surface area (TPSA) is 42.2 Å². The van der Waals surface area contributed by atoms with Crippen molar-refractivity contribution in [3.05, 3.63) is 44.3 Å². The number of carboxylic acids is 1. The molecule has 0 bridgehead atoms. The summed E-state index contributed by atoms with van der Waals surface area (Å²) in [5, 5.41) is 9.38. The minimum absolute atomic E-state index is 0.175. The fourth-order valence-electron chi connectivity index (χ4n) is 1.39. The Kier molecular flexibility index (Phi) is 3.23. The predicted molar refractivity (Wildman–Crippen MR) is 64.8 cm³/mol. The Balaban J connectivity index is 2.30. The van der Waals surface area contributed by atoms with Gasteiger partial charge in [0.2, 0.25) is 0 Å². The number of carbonyl (C=O) groups is 1. The zero-order valence-electron chi connectivity index (χ0n) is 7.98. The van der Waals surface area contributed by atoms with Gasteiger partial charge in [0.25, 0.3) is 0 Å². The number of hydrogen-bond donors (Lipinski definition) is 1. The molecule has 0 fully saturated rings. The first-order valence-corrected chi connectivity index (χ1v) is 5.96. The molecule has 0 spiro atoms. The van der Waals surface area contributed by atoms with Gasteiger partial charge in [-0.25, -0.2) is 4.79 Å². The lowest BCUT2D eigenvalue weighted by atomic mass is 10.4. The minimum atomic E-state index is -0.991. The molecule has 3 nitrogen and oxygen atoms in total. The van der Waals surface area contributed by atoms with Crippen molar-refractivity contribution in [3.8, 4) is 0 Å². The highest BCUT2D eigenvalue weighted by molar-refractivity contribution is 7.16. The second-order valence-electron chi connectivity index (χ2n) is 3.18. The van der Waals surface area contributed by atoms with Crippen LogP contribution in [-0.4, -0.2) is 15.6 Å². The highest BCUT2D eigenvalue weighted by atomic mass is 35.5. The minimum Gasteiger partial charge on any atom is -0.477 e. The van der Waals surface area contributed by atoms with E-state index in [2.05, 4.69) is 0 Å². The Morgan fingerprint density at radius 2 is 2.19 bits per heavy atom. The van der Waals surface area contributed by atoms with Crippen LogP contribution in [0.3, 0.4) is 0 Å². The Morgan fingerprint density at radius 1 is 1.44 bits per heavy atom. The van der Waals surface area contributed by atoms with Crippen LogP contribution < -0.4 is 0 Å².